The van der Waals surface area contributed by atoms with Crippen LogP contribution in [0.15, 0.2) is 29.6 Å². The fourth-order valence-corrected chi connectivity index (χ4v) is 3.07. The number of halogens is 1. The third kappa shape index (κ3) is 4.85. The Hall–Kier alpha value is -1.79. The van der Waals surface area contributed by atoms with Gasteiger partial charge in [-0.2, -0.15) is 0 Å². The number of benzene rings is 1. The van der Waals surface area contributed by atoms with Crippen molar-refractivity contribution in [3.63, 3.8) is 0 Å². The first-order valence-corrected chi connectivity index (χ1v) is 8.89. The minimum atomic E-state index is -0.413. The van der Waals surface area contributed by atoms with Crippen molar-refractivity contribution >= 4 is 17.2 Å². The minimum Gasteiger partial charge on any atom is -0.349 e. The highest BCUT2D eigenvalue weighted by atomic mass is 32.1. The van der Waals surface area contributed by atoms with E-state index in [-0.39, 0.29) is 24.1 Å². The highest BCUT2D eigenvalue weighted by Gasteiger charge is 2.28. The molecule has 0 aliphatic rings. The van der Waals surface area contributed by atoms with E-state index in [9.17, 15) is 9.18 Å². The van der Waals surface area contributed by atoms with Gasteiger partial charge in [-0.25, -0.2) is 9.37 Å². The summed E-state index contributed by atoms with van der Waals surface area (Å²) in [6.45, 7) is 6.42. The summed E-state index contributed by atoms with van der Waals surface area (Å²) in [6, 6.07) is 6.38. The summed E-state index contributed by atoms with van der Waals surface area (Å²) in [5.41, 5.74) is 7.13. The van der Waals surface area contributed by atoms with E-state index in [4.69, 9.17) is 5.73 Å². The lowest BCUT2D eigenvalue weighted by atomic mass is 9.88. The maximum absolute atomic E-state index is 12.9. The van der Waals surface area contributed by atoms with Crippen molar-refractivity contribution in [1.29, 1.82) is 0 Å². The van der Waals surface area contributed by atoms with Crippen molar-refractivity contribution in [2.24, 2.45) is 11.7 Å². The van der Waals surface area contributed by atoms with Gasteiger partial charge in [-0.05, 0) is 30.5 Å². The molecule has 6 heteroatoms. The summed E-state index contributed by atoms with van der Waals surface area (Å²) in [7, 11) is 0. The van der Waals surface area contributed by atoms with Crippen molar-refractivity contribution in [3.8, 4) is 0 Å². The lowest BCUT2D eigenvalue weighted by molar-refractivity contribution is -0.122. The SMILES string of the molecule is CC(C)C(C)(CN)NC(=O)Cc1csc(Cc2ccc(F)cc2)n1. The van der Waals surface area contributed by atoms with Crippen LogP contribution < -0.4 is 11.1 Å². The zero-order valence-corrected chi connectivity index (χ0v) is 15.1. The molecule has 1 heterocycles. The third-order valence-electron chi connectivity index (χ3n) is 4.33. The molecule has 0 spiro atoms. The van der Waals surface area contributed by atoms with Crippen LogP contribution in [0.1, 0.15) is 37.0 Å². The van der Waals surface area contributed by atoms with Crippen LogP contribution in [0.4, 0.5) is 4.39 Å². The Bertz CT molecular complexity index is 684. The Morgan fingerprint density at radius 3 is 2.62 bits per heavy atom. The monoisotopic (exact) mass is 349 g/mol. The molecule has 0 aliphatic carbocycles. The maximum Gasteiger partial charge on any atom is 0.226 e. The molecular formula is C18H24FN3OS. The Morgan fingerprint density at radius 1 is 1.38 bits per heavy atom. The normalized spacial score (nSPS) is 13.8. The number of thiazole rings is 1. The van der Waals surface area contributed by atoms with E-state index < -0.39 is 5.54 Å². The van der Waals surface area contributed by atoms with Gasteiger partial charge in [0.1, 0.15) is 5.82 Å². The number of hydrogen-bond acceptors (Lipinski definition) is 4. The molecule has 0 bridgehead atoms. The van der Waals surface area contributed by atoms with E-state index in [0.29, 0.717) is 13.0 Å². The minimum absolute atomic E-state index is 0.0738. The summed E-state index contributed by atoms with van der Waals surface area (Å²) >= 11 is 1.51. The predicted molar refractivity (Wildman–Crippen MR) is 95.5 cm³/mol. The number of rotatable bonds is 7. The Kier molecular flexibility index (Phi) is 6.07. The van der Waals surface area contributed by atoms with Crippen LogP contribution in [0.5, 0.6) is 0 Å². The summed E-state index contributed by atoms with van der Waals surface area (Å²) in [5, 5.41) is 5.82. The molecule has 1 aromatic carbocycles. The first-order valence-electron chi connectivity index (χ1n) is 8.01. The van der Waals surface area contributed by atoms with Crippen molar-refractivity contribution < 1.29 is 9.18 Å². The molecule has 2 aromatic rings. The average Bonchev–Trinajstić information content (AvgIpc) is 2.96. The van der Waals surface area contributed by atoms with Crippen LogP contribution in [0.2, 0.25) is 0 Å². The summed E-state index contributed by atoms with van der Waals surface area (Å²) in [4.78, 5) is 16.8. The zero-order chi connectivity index (χ0) is 17.7. The average molecular weight is 349 g/mol. The van der Waals surface area contributed by atoms with Crippen molar-refractivity contribution in [2.75, 3.05) is 6.54 Å². The van der Waals surface area contributed by atoms with Crippen LogP contribution in [0.3, 0.4) is 0 Å². The van der Waals surface area contributed by atoms with E-state index >= 15 is 0 Å². The van der Waals surface area contributed by atoms with Crippen molar-refractivity contribution in [3.05, 3.63) is 51.7 Å². The van der Waals surface area contributed by atoms with Gasteiger partial charge in [0.05, 0.1) is 22.7 Å². The van der Waals surface area contributed by atoms with Gasteiger partial charge in [0, 0.05) is 18.3 Å². The Labute approximate surface area is 146 Å². The van der Waals surface area contributed by atoms with E-state index in [2.05, 4.69) is 10.3 Å². The maximum atomic E-state index is 12.9. The van der Waals surface area contributed by atoms with Crippen LogP contribution in [-0.4, -0.2) is 23.0 Å². The van der Waals surface area contributed by atoms with Crippen molar-refractivity contribution in [1.82, 2.24) is 10.3 Å². The first-order chi connectivity index (χ1) is 11.3. The second-order valence-corrected chi connectivity index (χ2v) is 7.48. The molecule has 0 fully saturated rings. The zero-order valence-electron chi connectivity index (χ0n) is 14.3. The van der Waals surface area contributed by atoms with Crippen LogP contribution >= 0.6 is 11.3 Å². The number of nitrogens with one attached hydrogen (secondary N) is 1. The number of nitrogens with two attached hydrogens (primary N) is 1. The third-order valence-corrected chi connectivity index (χ3v) is 5.23. The van der Waals surface area contributed by atoms with Gasteiger partial charge < -0.3 is 11.1 Å². The molecule has 0 saturated carbocycles. The standard InChI is InChI=1S/C18H24FN3OS/c1-12(2)18(3,11-20)22-16(23)9-15-10-24-17(21-15)8-13-4-6-14(19)7-5-13/h4-7,10,12H,8-9,11,20H2,1-3H3,(H,22,23). The van der Waals surface area contributed by atoms with Gasteiger partial charge in [0.25, 0.3) is 0 Å². The lowest BCUT2D eigenvalue weighted by Crippen LogP contribution is -2.55. The number of hydrogen-bond donors (Lipinski definition) is 2. The van der Waals surface area contributed by atoms with Gasteiger partial charge in [-0.3, -0.25) is 4.79 Å². The molecule has 1 aromatic heterocycles. The van der Waals surface area contributed by atoms with Gasteiger partial charge in [0.15, 0.2) is 0 Å². The van der Waals surface area contributed by atoms with E-state index in [0.717, 1.165) is 16.3 Å². The number of nitrogens with zero attached hydrogens (tertiary/aromatic N) is 1. The predicted octanol–water partition coefficient (Wildman–Crippen LogP) is 2.91. The van der Waals surface area contributed by atoms with Gasteiger partial charge >= 0.3 is 0 Å². The highest BCUT2D eigenvalue weighted by Crippen LogP contribution is 2.17. The first kappa shape index (κ1) is 18.5. The largest absolute Gasteiger partial charge is 0.349 e. The quantitative estimate of drug-likeness (QED) is 0.808. The van der Waals surface area contributed by atoms with Crippen LogP contribution in [-0.2, 0) is 17.6 Å². The molecule has 1 amide bonds. The second-order valence-electron chi connectivity index (χ2n) is 6.54. The molecule has 0 saturated heterocycles. The molecule has 0 radical (unpaired) electrons. The number of amides is 1. The second kappa shape index (κ2) is 7.85. The lowest BCUT2D eigenvalue weighted by Gasteiger charge is -2.33. The molecule has 3 N–H and O–H groups in total. The van der Waals surface area contributed by atoms with E-state index in [1.54, 1.807) is 12.1 Å². The summed E-state index contributed by atoms with van der Waals surface area (Å²) in [6.07, 6.45) is 0.876. The number of carbonyl (C=O) groups is 1. The fraction of sp³-hybridized carbons (Fsp3) is 0.444. The summed E-state index contributed by atoms with van der Waals surface area (Å²) < 4.78 is 12.9. The molecule has 1 unspecified atom stereocenters. The Balaban J connectivity index is 1.95. The molecular weight excluding hydrogens is 325 g/mol. The summed E-state index contributed by atoms with van der Waals surface area (Å²) in [5.74, 6) is -0.0745. The topological polar surface area (TPSA) is 68.0 Å². The number of aromatic nitrogens is 1. The van der Waals surface area contributed by atoms with E-state index in [1.807, 2.05) is 26.2 Å². The molecule has 0 aliphatic heterocycles. The van der Waals surface area contributed by atoms with Gasteiger partial charge in [-0.1, -0.05) is 26.0 Å². The van der Waals surface area contributed by atoms with E-state index in [1.165, 1.54) is 23.5 Å². The van der Waals surface area contributed by atoms with Gasteiger partial charge in [-0.15, -0.1) is 11.3 Å². The molecule has 130 valence electrons. The molecule has 1 atom stereocenters. The smallest absolute Gasteiger partial charge is 0.226 e. The Morgan fingerprint density at radius 2 is 2.04 bits per heavy atom. The number of carbonyl (C=O) groups excluding carboxylic acids is 1. The van der Waals surface area contributed by atoms with Crippen LogP contribution in [0.25, 0.3) is 0 Å². The van der Waals surface area contributed by atoms with Crippen molar-refractivity contribution in [2.45, 2.75) is 39.2 Å². The fourth-order valence-electron chi connectivity index (χ4n) is 2.25. The molecule has 2 rings (SSSR count). The molecule has 24 heavy (non-hydrogen) atoms. The highest BCUT2D eigenvalue weighted by molar-refractivity contribution is 7.09. The van der Waals surface area contributed by atoms with Gasteiger partial charge in [0.2, 0.25) is 5.91 Å². The van der Waals surface area contributed by atoms with Crippen LogP contribution in [0, 0.1) is 11.7 Å². The molecule has 4 nitrogen and oxygen atoms in total.